The van der Waals surface area contributed by atoms with E-state index in [1.807, 2.05) is 36.6 Å². The number of aromatic amines is 1. The minimum Gasteiger partial charge on any atom is -0.480 e. The van der Waals surface area contributed by atoms with Gasteiger partial charge in [-0.3, -0.25) is 19.2 Å². The van der Waals surface area contributed by atoms with Crippen molar-refractivity contribution in [1.82, 2.24) is 25.9 Å². The molecule has 2 aromatic rings. The van der Waals surface area contributed by atoms with Crippen LogP contribution in [-0.2, 0) is 36.8 Å². The zero-order valence-corrected chi connectivity index (χ0v) is 22.4. The largest absolute Gasteiger partial charge is 0.480 e. The molecule has 2 rings (SSSR count). The Labute approximate surface area is 230 Å². The molecule has 0 radical (unpaired) electrons. The van der Waals surface area contributed by atoms with E-state index in [0.717, 1.165) is 5.56 Å². The number of aliphatic carboxylic acids is 1. The molecule has 0 fully saturated rings. The van der Waals surface area contributed by atoms with Crippen LogP contribution in [0, 0.1) is 0 Å². The number of carboxylic acid groups (broad SMARTS) is 1. The maximum absolute atomic E-state index is 13.2. The summed E-state index contributed by atoms with van der Waals surface area (Å²) >= 11 is 1.46. The standard InChI is InChI=1S/C25H35N7O6S/c1-39-10-9-19(30-22(34)17(26)11-15-5-3-2-4-6-15)24(36)31-18(7-8-21(27)33)23(35)32-20(25(37)38)12-16-13-28-14-29-16/h2-6,13-14,17-20H,7-12,26H2,1H3,(H2,27,33)(H,28,29)(H,30,34)(H,31,36)(H,32,35)(H,37,38). The molecule has 0 saturated carbocycles. The van der Waals surface area contributed by atoms with Crippen molar-refractivity contribution in [2.24, 2.45) is 11.5 Å². The van der Waals surface area contributed by atoms with Gasteiger partial charge in [-0.2, -0.15) is 11.8 Å². The lowest BCUT2D eigenvalue weighted by Gasteiger charge is -2.25. The molecule has 14 heteroatoms. The molecule has 212 valence electrons. The number of imidazole rings is 1. The number of carbonyl (C=O) groups is 5. The van der Waals surface area contributed by atoms with Gasteiger partial charge in [-0.1, -0.05) is 30.3 Å². The second-order valence-corrected chi connectivity index (χ2v) is 9.87. The quantitative estimate of drug-likeness (QED) is 0.127. The van der Waals surface area contributed by atoms with E-state index in [-0.39, 0.29) is 32.1 Å². The molecule has 1 aromatic carbocycles. The van der Waals surface area contributed by atoms with Crippen molar-refractivity contribution in [2.45, 2.75) is 56.3 Å². The summed E-state index contributed by atoms with van der Waals surface area (Å²) < 4.78 is 0. The third-order valence-electron chi connectivity index (χ3n) is 5.78. The Morgan fingerprint density at radius 3 is 2.13 bits per heavy atom. The molecule has 4 amide bonds. The topological polar surface area (TPSA) is 222 Å². The fourth-order valence-corrected chi connectivity index (χ4v) is 4.13. The number of primary amides is 1. The van der Waals surface area contributed by atoms with Crippen molar-refractivity contribution < 1.29 is 29.1 Å². The van der Waals surface area contributed by atoms with Crippen LogP contribution in [0.5, 0.6) is 0 Å². The highest BCUT2D eigenvalue weighted by atomic mass is 32.2. The summed E-state index contributed by atoms with van der Waals surface area (Å²) in [6, 6.07) is 4.65. The van der Waals surface area contributed by atoms with Gasteiger partial charge in [0.25, 0.3) is 0 Å². The Bertz CT molecular complexity index is 1100. The number of benzene rings is 1. The summed E-state index contributed by atoms with van der Waals surface area (Å²) in [5.41, 5.74) is 12.6. The number of thioether (sulfide) groups is 1. The number of hydrogen-bond acceptors (Lipinski definition) is 8. The molecule has 0 bridgehead atoms. The molecule has 1 heterocycles. The van der Waals surface area contributed by atoms with Crippen LogP contribution in [0.2, 0.25) is 0 Å². The van der Waals surface area contributed by atoms with E-state index < -0.39 is 53.8 Å². The number of aromatic nitrogens is 2. The molecule has 0 aliphatic rings. The summed E-state index contributed by atoms with van der Waals surface area (Å²) in [5, 5.41) is 17.2. The minimum atomic E-state index is -1.33. The summed E-state index contributed by atoms with van der Waals surface area (Å²) in [7, 11) is 0. The highest BCUT2D eigenvalue weighted by Crippen LogP contribution is 2.07. The lowest BCUT2D eigenvalue weighted by molar-refractivity contribution is -0.142. The van der Waals surface area contributed by atoms with E-state index in [4.69, 9.17) is 11.5 Å². The SMILES string of the molecule is CSCCC(NC(=O)C(N)Cc1ccccc1)C(=O)NC(CCC(N)=O)C(=O)NC(Cc1cnc[nH]1)C(=O)O. The first kappa shape index (κ1) is 31.3. The highest BCUT2D eigenvalue weighted by Gasteiger charge is 2.30. The predicted molar refractivity (Wildman–Crippen MR) is 145 cm³/mol. The second kappa shape index (κ2) is 16.1. The Morgan fingerprint density at radius 2 is 1.56 bits per heavy atom. The molecule has 0 spiro atoms. The van der Waals surface area contributed by atoms with Gasteiger partial charge in [-0.15, -0.1) is 0 Å². The third kappa shape index (κ3) is 11.2. The van der Waals surface area contributed by atoms with Crippen LogP contribution in [0.3, 0.4) is 0 Å². The molecule has 0 aliphatic heterocycles. The Balaban J connectivity index is 2.11. The average molecular weight is 562 g/mol. The molecular weight excluding hydrogens is 526 g/mol. The molecule has 9 N–H and O–H groups in total. The van der Waals surface area contributed by atoms with E-state index in [0.29, 0.717) is 11.4 Å². The van der Waals surface area contributed by atoms with E-state index in [2.05, 4.69) is 25.9 Å². The number of carboxylic acids is 1. The van der Waals surface area contributed by atoms with Gasteiger partial charge in [0.15, 0.2) is 0 Å². The van der Waals surface area contributed by atoms with Crippen LogP contribution >= 0.6 is 11.8 Å². The number of amides is 4. The molecule has 4 unspecified atom stereocenters. The Kier molecular flexibility index (Phi) is 13.0. The van der Waals surface area contributed by atoms with Crippen molar-refractivity contribution in [3.8, 4) is 0 Å². The van der Waals surface area contributed by atoms with Crippen molar-refractivity contribution in [3.05, 3.63) is 54.1 Å². The maximum atomic E-state index is 13.2. The van der Waals surface area contributed by atoms with Crippen molar-refractivity contribution in [3.63, 3.8) is 0 Å². The summed E-state index contributed by atoms with van der Waals surface area (Å²) in [5.74, 6) is -3.50. The number of H-pyrrole nitrogens is 1. The van der Waals surface area contributed by atoms with Crippen molar-refractivity contribution >= 4 is 41.4 Å². The highest BCUT2D eigenvalue weighted by molar-refractivity contribution is 7.98. The Morgan fingerprint density at radius 1 is 0.949 bits per heavy atom. The van der Waals surface area contributed by atoms with Crippen LogP contribution < -0.4 is 27.4 Å². The fourth-order valence-electron chi connectivity index (χ4n) is 3.66. The molecule has 0 saturated heterocycles. The number of hydrogen-bond donors (Lipinski definition) is 7. The van der Waals surface area contributed by atoms with Gasteiger partial charge < -0.3 is 37.5 Å². The molecule has 4 atom stereocenters. The number of carbonyl (C=O) groups excluding carboxylic acids is 4. The van der Waals surface area contributed by atoms with Crippen LogP contribution in [0.25, 0.3) is 0 Å². The van der Waals surface area contributed by atoms with Gasteiger partial charge in [0.1, 0.15) is 18.1 Å². The molecular formula is C25H35N7O6S. The molecule has 13 nitrogen and oxygen atoms in total. The monoisotopic (exact) mass is 561 g/mol. The van der Waals surface area contributed by atoms with E-state index in [9.17, 15) is 29.1 Å². The number of nitrogens with zero attached hydrogens (tertiary/aromatic N) is 1. The average Bonchev–Trinajstić information content (AvgIpc) is 3.41. The fraction of sp³-hybridized carbons (Fsp3) is 0.440. The molecule has 0 aliphatic carbocycles. The molecule has 39 heavy (non-hydrogen) atoms. The van der Waals surface area contributed by atoms with Gasteiger partial charge in [0.05, 0.1) is 12.4 Å². The lowest BCUT2D eigenvalue weighted by atomic mass is 10.0. The van der Waals surface area contributed by atoms with Crippen LogP contribution in [-0.4, -0.2) is 80.8 Å². The third-order valence-corrected chi connectivity index (χ3v) is 6.43. The van der Waals surface area contributed by atoms with Gasteiger partial charge in [-0.05, 0) is 36.8 Å². The van der Waals surface area contributed by atoms with Gasteiger partial charge in [-0.25, -0.2) is 9.78 Å². The van der Waals surface area contributed by atoms with Gasteiger partial charge in [0.2, 0.25) is 23.6 Å². The Hall–Kier alpha value is -3.91. The zero-order chi connectivity index (χ0) is 28.8. The van der Waals surface area contributed by atoms with Crippen LogP contribution in [0.4, 0.5) is 0 Å². The first-order valence-electron chi connectivity index (χ1n) is 12.3. The first-order valence-corrected chi connectivity index (χ1v) is 13.7. The first-order chi connectivity index (χ1) is 18.6. The van der Waals surface area contributed by atoms with Gasteiger partial charge >= 0.3 is 5.97 Å². The predicted octanol–water partition coefficient (Wildman–Crippen LogP) is -0.920. The van der Waals surface area contributed by atoms with Crippen molar-refractivity contribution in [2.75, 3.05) is 12.0 Å². The second-order valence-electron chi connectivity index (χ2n) is 8.89. The maximum Gasteiger partial charge on any atom is 0.326 e. The van der Waals surface area contributed by atoms with Crippen molar-refractivity contribution in [1.29, 1.82) is 0 Å². The number of rotatable bonds is 17. The normalized spacial score (nSPS) is 13.9. The summed E-state index contributed by atoms with van der Waals surface area (Å²) in [6.07, 6.45) is 4.67. The van der Waals surface area contributed by atoms with Crippen LogP contribution in [0.15, 0.2) is 42.9 Å². The van der Waals surface area contributed by atoms with E-state index in [1.165, 1.54) is 24.3 Å². The van der Waals surface area contributed by atoms with Gasteiger partial charge in [0, 0.05) is 24.7 Å². The minimum absolute atomic E-state index is 0.0801. The lowest BCUT2D eigenvalue weighted by Crippen LogP contribution is -2.57. The van der Waals surface area contributed by atoms with E-state index >= 15 is 0 Å². The summed E-state index contributed by atoms with van der Waals surface area (Å²) in [6.45, 7) is 0. The molecule has 1 aromatic heterocycles. The van der Waals surface area contributed by atoms with Crippen LogP contribution in [0.1, 0.15) is 30.5 Å². The smallest absolute Gasteiger partial charge is 0.326 e. The summed E-state index contributed by atoms with van der Waals surface area (Å²) in [4.78, 5) is 68.8. The zero-order valence-electron chi connectivity index (χ0n) is 21.6. The number of nitrogens with two attached hydrogens (primary N) is 2. The van der Waals surface area contributed by atoms with E-state index in [1.54, 1.807) is 0 Å². The number of nitrogens with one attached hydrogen (secondary N) is 4.